The molecule has 0 amide bonds. The Labute approximate surface area is 171 Å². The Balaban J connectivity index is 2.09. The van der Waals surface area contributed by atoms with Crippen LogP contribution in [-0.4, -0.2) is 34.1 Å². The van der Waals surface area contributed by atoms with Gasteiger partial charge in [-0.2, -0.15) is 0 Å². The lowest BCUT2D eigenvalue weighted by atomic mass is 10.1. The second-order valence-electron chi connectivity index (χ2n) is 7.02. The number of esters is 1. The van der Waals surface area contributed by atoms with E-state index in [1.807, 2.05) is 35.2 Å². The number of nitrogens with two attached hydrogens (primary N) is 1. The molecule has 2 aromatic rings. The summed E-state index contributed by atoms with van der Waals surface area (Å²) in [5.41, 5.74) is 2.28. The first kappa shape index (κ1) is 21.1. The number of ether oxygens (including phenoxy) is 1. The minimum absolute atomic E-state index is 0.0551. The molecular weight excluding hydrogens is 390 g/mol. The molecule has 0 saturated carbocycles. The molecule has 1 aliphatic heterocycles. The number of nitrogens with one attached hydrogen (secondary N) is 1. The van der Waals surface area contributed by atoms with Crippen molar-refractivity contribution in [3.8, 4) is 0 Å². The predicted molar refractivity (Wildman–Crippen MR) is 114 cm³/mol. The molecule has 3 rings (SSSR count). The smallest absolute Gasteiger partial charge is 0.338 e. The highest BCUT2D eigenvalue weighted by molar-refractivity contribution is 7.89. The first-order valence-corrected chi connectivity index (χ1v) is 11.4. The van der Waals surface area contributed by atoms with Crippen molar-refractivity contribution in [2.45, 2.75) is 37.6 Å². The maximum atomic E-state index is 12.4. The number of carbonyl (C=O) groups excluding carboxylic acids is 1. The van der Waals surface area contributed by atoms with Gasteiger partial charge in [0.2, 0.25) is 10.0 Å². The Hall–Kier alpha value is -2.58. The van der Waals surface area contributed by atoms with Gasteiger partial charge in [-0.3, -0.25) is 0 Å². The fraction of sp³-hybridized carbons (Fsp3) is 0.381. The van der Waals surface area contributed by atoms with E-state index >= 15 is 0 Å². The van der Waals surface area contributed by atoms with Gasteiger partial charge >= 0.3 is 5.97 Å². The number of rotatable bonds is 7. The largest absolute Gasteiger partial charge is 0.462 e. The molecule has 156 valence electrons. The van der Waals surface area contributed by atoms with E-state index in [0.717, 1.165) is 37.9 Å². The zero-order valence-electron chi connectivity index (χ0n) is 16.6. The number of anilines is 2. The van der Waals surface area contributed by atoms with E-state index < -0.39 is 16.0 Å². The van der Waals surface area contributed by atoms with Gasteiger partial charge in [0.25, 0.3) is 0 Å². The molecule has 1 aliphatic rings. The summed E-state index contributed by atoms with van der Waals surface area (Å²) in [7, 11) is -4.05. The molecule has 1 heterocycles. The summed E-state index contributed by atoms with van der Waals surface area (Å²) >= 11 is 0. The van der Waals surface area contributed by atoms with E-state index in [0.29, 0.717) is 17.9 Å². The average molecular weight is 418 g/mol. The monoisotopic (exact) mass is 417 g/mol. The van der Waals surface area contributed by atoms with Gasteiger partial charge < -0.3 is 15.0 Å². The second kappa shape index (κ2) is 9.28. The van der Waals surface area contributed by atoms with Crippen LogP contribution in [-0.2, 0) is 21.3 Å². The van der Waals surface area contributed by atoms with Gasteiger partial charge in [-0.05, 0) is 43.9 Å². The molecule has 8 heteroatoms. The lowest BCUT2D eigenvalue weighted by molar-refractivity contribution is 0.0526. The summed E-state index contributed by atoms with van der Waals surface area (Å²) in [4.78, 5) is 14.3. The van der Waals surface area contributed by atoms with Crippen molar-refractivity contribution in [2.75, 3.05) is 29.9 Å². The molecule has 0 atom stereocenters. The number of hydrogen-bond donors (Lipinski definition) is 2. The molecule has 1 saturated heterocycles. The van der Waals surface area contributed by atoms with Crippen molar-refractivity contribution in [3.63, 3.8) is 0 Å². The maximum Gasteiger partial charge on any atom is 0.338 e. The van der Waals surface area contributed by atoms with E-state index in [4.69, 9.17) is 9.88 Å². The number of primary sulfonamides is 1. The molecule has 0 aromatic heterocycles. The standard InChI is InChI=1S/C21H27N3O4S/c1-2-28-21(25)17-13-18(23-15-16-9-5-3-6-10-16)20(19(14-17)29(22,26)27)24-11-7-4-8-12-24/h3,5-6,9-10,13-14,23H,2,4,7-8,11-12,15H2,1H3,(H2,22,26,27). The van der Waals surface area contributed by atoms with Gasteiger partial charge in [0.1, 0.15) is 4.90 Å². The van der Waals surface area contributed by atoms with Crippen molar-refractivity contribution in [1.29, 1.82) is 0 Å². The first-order valence-electron chi connectivity index (χ1n) is 9.81. The summed E-state index contributed by atoms with van der Waals surface area (Å²) < 4.78 is 29.9. The van der Waals surface area contributed by atoms with E-state index in [9.17, 15) is 13.2 Å². The number of piperidine rings is 1. The van der Waals surface area contributed by atoms with Crippen molar-refractivity contribution >= 4 is 27.4 Å². The van der Waals surface area contributed by atoms with Gasteiger partial charge in [-0.15, -0.1) is 0 Å². The Morgan fingerprint density at radius 1 is 1.14 bits per heavy atom. The second-order valence-corrected chi connectivity index (χ2v) is 8.55. The highest BCUT2D eigenvalue weighted by Gasteiger charge is 2.26. The zero-order valence-corrected chi connectivity index (χ0v) is 17.4. The van der Waals surface area contributed by atoms with Crippen LogP contribution >= 0.6 is 0 Å². The van der Waals surface area contributed by atoms with Crippen molar-refractivity contribution in [2.24, 2.45) is 5.14 Å². The Morgan fingerprint density at radius 3 is 2.45 bits per heavy atom. The average Bonchev–Trinajstić information content (AvgIpc) is 2.72. The first-order chi connectivity index (χ1) is 13.9. The number of sulfonamides is 1. The molecule has 0 bridgehead atoms. The third-order valence-electron chi connectivity index (χ3n) is 4.89. The van der Waals surface area contributed by atoms with E-state index in [-0.39, 0.29) is 17.1 Å². The number of nitrogens with zero attached hydrogens (tertiary/aromatic N) is 1. The summed E-state index contributed by atoms with van der Waals surface area (Å²) in [6.07, 6.45) is 3.05. The molecule has 0 unspecified atom stereocenters. The number of carbonyl (C=O) groups is 1. The van der Waals surface area contributed by atoms with Crippen LogP contribution < -0.4 is 15.4 Å². The molecule has 7 nitrogen and oxygen atoms in total. The number of hydrogen-bond acceptors (Lipinski definition) is 6. The van der Waals surface area contributed by atoms with Crippen LogP contribution in [0.1, 0.15) is 42.1 Å². The summed E-state index contributed by atoms with van der Waals surface area (Å²) in [5, 5.41) is 8.86. The molecule has 29 heavy (non-hydrogen) atoms. The highest BCUT2D eigenvalue weighted by Crippen LogP contribution is 2.36. The SMILES string of the molecule is CCOC(=O)c1cc(NCc2ccccc2)c(N2CCCCC2)c(S(N)(=O)=O)c1. The lowest BCUT2D eigenvalue weighted by Gasteiger charge is -2.32. The molecule has 0 aliphatic carbocycles. The maximum absolute atomic E-state index is 12.4. The van der Waals surface area contributed by atoms with Crippen LogP contribution in [0, 0.1) is 0 Å². The van der Waals surface area contributed by atoms with Gasteiger partial charge in [0.05, 0.1) is 23.5 Å². The third-order valence-corrected chi connectivity index (χ3v) is 5.81. The van der Waals surface area contributed by atoms with Crippen LogP contribution in [0.4, 0.5) is 11.4 Å². The molecule has 0 radical (unpaired) electrons. The summed E-state index contributed by atoms with van der Waals surface area (Å²) in [6, 6.07) is 12.7. The van der Waals surface area contributed by atoms with E-state index in [2.05, 4.69) is 5.32 Å². The molecule has 2 aromatic carbocycles. The minimum Gasteiger partial charge on any atom is -0.462 e. The highest BCUT2D eigenvalue weighted by atomic mass is 32.2. The lowest BCUT2D eigenvalue weighted by Crippen LogP contribution is -2.32. The van der Waals surface area contributed by atoms with Crippen LogP contribution in [0.3, 0.4) is 0 Å². The van der Waals surface area contributed by atoms with Gasteiger partial charge in [-0.25, -0.2) is 18.4 Å². The van der Waals surface area contributed by atoms with Crippen molar-refractivity contribution < 1.29 is 17.9 Å². The molecule has 0 spiro atoms. The van der Waals surface area contributed by atoms with Gasteiger partial charge in [0, 0.05) is 19.6 Å². The topological polar surface area (TPSA) is 102 Å². The van der Waals surface area contributed by atoms with Crippen molar-refractivity contribution in [3.05, 3.63) is 53.6 Å². The van der Waals surface area contributed by atoms with Crippen LogP contribution in [0.2, 0.25) is 0 Å². The molecule has 1 fully saturated rings. The summed E-state index contributed by atoms with van der Waals surface area (Å²) in [6.45, 7) is 3.86. The quantitative estimate of drug-likeness (QED) is 0.671. The zero-order chi connectivity index (χ0) is 20.9. The fourth-order valence-electron chi connectivity index (χ4n) is 3.53. The normalized spacial score (nSPS) is 14.5. The fourth-order valence-corrected chi connectivity index (χ4v) is 4.33. The Morgan fingerprint density at radius 2 is 1.83 bits per heavy atom. The van der Waals surface area contributed by atoms with Crippen molar-refractivity contribution in [1.82, 2.24) is 0 Å². The van der Waals surface area contributed by atoms with E-state index in [1.165, 1.54) is 6.07 Å². The summed E-state index contributed by atoms with van der Waals surface area (Å²) in [5.74, 6) is -0.578. The van der Waals surface area contributed by atoms with E-state index in [1.54, 1.807) is 13.0 Å². The number of benzene rings is 2. The van der Waals surface area contributed by atoms with Gasteiger partial charge in [0.15, 0.2) is 0 Å². The Bertz CT molecular complexity index is 955. The van der Waals surface area contributed by atoms with Crippen LogP contribution in [0.25, 0.3) is 0 Å². The third kappa shape index (κ3) is 5.27. The molecular formula is C21H27N3O4S. The predicted octanol–water partition coefficient (Wildman–Crippen LogP) is 3.11. The van der Waals surface area contributed by atoms with Crippen LogP contribution in [0.5, 0.6) is 0 Å². The Kier molecular flexibility index (Phi) is 6.76. The van der Waals surface area contributed by atoms with Gasteiger partial charge in [-0.1, -0.05) is 30.3 Å². The van der Waals surface area contributed by atoms with Crippen LogP contribution in [0.15, 0.2) is 47.4 Å². The minimum atomic E-state index is -4.05. The molecule has 3 N–H and O–H groups in total.